The number of amides is 3. The summed E-state index contributed by atoms with van der Waals surface area (Å²) in [5.41, 5.74) is 0.897. The van der Waals surface area contributed by atoms with E-state index in [1.807, 2.05) is 0 Å². The third-order valence-corrected chi connectivity index (χ3v) is 5.81. The van der Waals surface area contributed by atoms with Crippen LogP contribution in [0.1, 0.15) is 6.92 Å². The number of ether oxygens (including phenoxy) is 1. The van der Waals surface area contributed by atoms with Crippen LogP contribution < -0.4 is 5.76 Å². The van der Waals surface area contributed by atoms with Crippen LogP contribution in [-0.2, 0) is 25.7 Å². The third kappa shape index (κ3) is 3.36. The molecule has 10 nitrogen and oxygen atoms in total. The highest BCUT2D eigenvalue weighted by Gasteiger charge is 2.46. The van der Waals surface area contributed by atoms with Crippen molar-refractivity contribution in [2.24, 2.45) is 0 Å². The molecule has 1 aromatic carbocycles. The van der Waals surface area contributed by atoms with Gasteiger partial charge in [0, 0.05) is 26.7 Å². The van der Waals surface area contributed by atoms with E-state index in [0.29, 0.717) is 37.3 Å². The van der Waals surface area contributed by atoms with Gasteiger partial charge < -0.3 is 23.9 Å². The number of aromatic nitrogens is 1. The predicted octanol–water partition coefficient (Wildman–Crippen LogP) is -0.489. The molecular formula is C20H24N4O6. The van der Waals surface area contributed by atoms with Crippen LogP contribution in [0.25, 0.3) is 11.1 Å². The summed E-state index contributed by atoms with van der Waals surface area (Å²) in [6.07, 6.45) is 0. The maximum Gasteiger partial charge on any atom is 0.420 e. The topological polar surface area (TPSA) is 105 Å². The smallest absolute Gasteiger partial charge is 0.408 e. The zero-order chi connectivity index (χ0) is 21.4. The molecule has 0 radical (unpaired) electrons. The largest absolute Gasteiger partial charge is 0.420 e. The van der Waals surface area contributed by atoms with Crippen molar-refractivity contribution in [3.05, 3.63) is 34.8 Å². The average molecular weight is 416 g/mol. The quantitative estimate of drug-likeness (QED) is 0.651. The van der Waals surface area contributed by atoms with Gasteiger partial charge in [-0.1, -0.05) is 12.1 Å². The second-order valence-corrected chi connectivity index (χ2v) is 7.51. The lowest BCUT2D eigenvalue weighted by atomic mass is 10.0. The molecule has 2 saturated heterocycles. The Balaban J connectivity index is 1.55. The number of oxazole rings is 1. The van der Waals surface area contributed by atoms with Gasteiger partial charge in [-0.15, -0.1) is 0 Å². The molecule has 2 aromatic rings. The number of benzene rings is 1. The van der Waals surface area contributed by atoms with Crippen LogP contribution >= 0.6 is 0 Å². The highest BCUT2D eigenvalue weighted by molar-refractivity contribution is 5.95. The molecular weight excluding hydrogens is 392 g/mol. The lowest BCUT2D eigenvalue weighted by molar-refractivity contribution is -0.166. The average Bonchev–Trinajstić information content (AvgIpc) is 3.05. The predicted molar refractivity (Wildman–Crippen MR) is 106 cm³/mol. The van der Waals surface area contributed by atoms with Crippen LogP contribution in [0.2, 0.25) is 0 Å². The molecule has 160 valence electrons. The van der Waals surface area contributed by atoms with E-state index >= 15 is 0 Å². The Morgan fingerprint density at radius 2 is 1.93 bits per heavy atom. The first-order chi connectivity index (χ1) is 14.4. The van der Waals surface area contributed by atoms with Crippen molar-refractivity contribution < 1.29 is 23.5 Å². The molecule has 1 aromatic heterocycles. The van der Waals surface area contributed by atoms with Crippen LogP contribution in [0.3, 0.4) is 0 Å². The standard InChI is InChI=1S/C20H24N4O6/c1-13-18(26)22-8-7-21(9-10-29-2)19(27)15(22)11-23(13)17(25)12-24-14-5-3-4-6-16(14)30-20(24)28/h3-6,13,15H,7-12H2,1-2H3. The van der Waals surface area contributed by atoms with Gasteiger partial charge in [-0.05, 0) is 19.1 Å². The van der Waals surface area contributed by atoms with E-state index in [1.165, 1.54) is 9.47 Å². The molecule has 2 aliphatic heterocycles. The fourth-order valence-corrected chi connectivity index (χ4v) is 4.13. The van der Waals surface area contributed by atoms with Crippen LogP contribution in [0.5, 0.6) is 0 Å². The van der Waals surface area contributed by atoms with Gasteiger partial charge in [0.1, 0.15) is 18.6 Å². The van der Waals surface area contributed by atoms with Crippen molar-refractivity contribution in [1.82, 2.24) is 19.3 Å². The minimum atomic E-state index is -0.721. The molecule has 2 unspecified atom stereocenters. The fraction of sp³-hybridized carbons (Fsp3) is 0.500. The summed E-state index contributed by atoms with van der Waals surface area (Å²) in [4.78, 5) is 55.6. The van der Waals surface area contributed by atoms with E-state index in [-0.39, 0.29) is 24.9 Å². The third-order valence-electron chi connectivity index (χ3n) is 5.81. The number of hydrogen-bond acceptors (Lipinski definition) is 6. The van der Waals surface area contributed by atoms with Gasteiger partial charge >= 0.3 is 5.76 Å². The summed E-state index contributed by atoms with van der Waals surface area (Å²) in [5, 5.41) is 0. The Bertz CT molecular complexity index is 1040. The maximum absolute atomic E-state index is 13.1. The number of carbonyl (C=O) groups is 3. The van der Waals surface area contributed by atoms with Crippen LogP contribution in [0.15, 0.2) is 33.5 Å². The molecule has 10 heteroatoms. The number of nitrogens with zero attached hydrogens (tertiary/aromatic N) is 4. The first-order valence-electron chi connectivity index (χ1n) is 9.88. The van der Waals surface area contributed by atoms with E-state index < -0.39 is 23.7 Å². The summed E-state index contributed by atoms with van der Waals surface area (Å²) >= 11 is 0. The van der Waals surface area contributed by atoms with Gasteiger partial charge in [-0.25, -0.2) is 4.79 Å². The molecule has 4 rings (SSSR count). The number of piperazine rings is 2. The van der Waals surface area contributed by atoms with E-state index in [0.717, 1.165) is 0 Å². The molecule has 0 aliphatic carbocycles. The van der Waals surface area contributed by atoms with E-state index in [4.69, 9.17) is 9.15 Å². The number of hydrogen-bond donors (Lipinski definition) is 0. The monoisotopic (exact) mass is 416 g/mol. The fourth-order valence-electron chi connectivity index (χ4n) is 4.13. The maximum atomic E-state index is 13.1. The van der Waals surface area contributed by atoms with Crippen molar-refractivity contribution in [2.45, 2.75) is 25.6 Å². The van der Waals surface area contributed by atoms with Crippen LogP contribution in [0.4, 0.5) is 0 Å². The Labute approximate surface area is 172 Å². The first-order valence-corrected chi connectivity index (χ1v) is 9.88. The SMILES string of the molecule is COCCN1CCN2C(=O)C(C)N(C(=O)Cn3c(=O)oc4ccccc43)CC2C1=O. The molecule has 30 heavy (non-hydrogen) atoms. The second-order valence-electron chi connectivity index (χ2n) is 7.51. The second kappa shape index (κ2) is 7.94. The van der Waals surface area contributed by atoms with Gasteiger partial charge in [-0.3, -0.25) is 19.0 Å². The van der Waals surface area contributed by atoms with Crippen LogP contribution in [0, 0.1) is 0 Å². The van der Waals surface area contributed by atoms with Gasteiger partial charge in [0.05, 0.1) is 18.7 Å². The minimum absolute atomic E-state index is 0.0958. The van der Waals surface area contributed by atoms with E-state index in [2.05, 4.69) is 0 Å². The summed E-state index contributed by atoms with van der Waals surface area (Å²) in [6, 6.07) is 5.40. The summed E-state index contributed by atoms with van der Waals surface area (Å²) in [6.45, 7) is 3.20. The molecule has 2 atom stereocenters. The number of carbonyl (C=O) groups excluding carboxylic acids is 3. The Kier molecular flexibility index (Phi) is 5.33. The molecule has 0 saturated carbocycles. The zero-order valence-corrected chi connectivity index (χ0v) is 16.9. The number of methoxy groups -OCH3 is 1. The molecule has 3 heterocycles. The summed E-state index contributed by atoms with van der Waals surface area (Å²) in [5.74, 6) is -1.50. The van der Waals surface area contributed by atoms with Crippen molar-refractivity contribution >= 4 is 28.8 Å². The summed E-state index contributed by atoms with van der Waals surface area (Å²) in [7, 11) is 1.56. The Morgan fingerprint density at radius 3 is 2.70 bits per heavy atom. The van der Waals surface area contributed by atoms with Gasteiger partial charge in [0.15, 0.2) is 5.58 Å². The van der Waals surface area contributed by atoms with Gasteiger partial charge in [0.2, 0.25) is 17.7 Å². The number of rotatable bonds is 5. The normalized spacial score (nSPS) is 22.0. The van der Waals surface area contributed by atoms with Crippen molar-refractivity contribution in [3.63, 3.8) is 0 Å². The zero-order valence-electron chi connectivity index (χ0n) is 16.9. The van der Waals surface area contributed by atoms with Crippen molar-refractivity contribution in [2.75, 3.05) is 39.9 Å². The lowest BCUT2D eigenvalue weighted by Crippen LogP contribution is -2.70. The molecule has 2 fully saturated rings. The first kappa shape index (κ1) is 20.1. The molecule has 0 bridgehead atoms. The minimum Gasteiger partial charge on any atom is -0.408 e. The Hall–Kier alpha value is -3.14. The Morgan fingerprint density at radius 1 is 1.17 bits per heavy atom. The van der Waals surface area contributed by atoms with Crippen molar-refractivity contribution in [3.8, 4) is 0 Å². The van der Waals surface area contributed by atoms with Gasteiger partial charge in [0.25, 0.3) is 0 Å². The molecule has 0 spiro atoms. The van der Waals surface area contributed by atoms with Crippen LogP contribution in [-0.4, -0.2) is 89.0 Å². The number of para-hydroxylation sites is 2. The molecule has 0 N–H and O–H groups in total. The highest BCUT2D eigenvalue weighted by Crippen LogP contribution is 2.22. The van der Waals surface area contributed by atoms with E-state index in [9.17, 15) is 19.2 Å². The lowest BCUT2D eigenvalue weighted by Gasteiger charge is -2.48. The van der Waals surface area contributed by atoms with Crippen molar-refractivity contribution in [1.29, 1.82) is 0 Å². The molecule has 3 amide bonds. The summed E-state index contributed by atoms with van der Waals surface area (Å²) < 4.78 is 11.5. The highest BCUT2D eigenvalue weighted by atomic mass is 16.5. The van der Waals surface area contributed by atoms with E-state index in [1.54, 1.807) is 48.1 Å². The van der Waals surface area contributed by atoms with Gasteiger partial charge in [-0.2, -0.15) is 0 Å². The number of fused-ring (bicyclic) bond motifs is 2. The molecule has 2 aliphatic rings.